The lowest BCUT2D eigenvalue weighted by molar-refractivity contribution is 0.184. The zero-order valence-corrected chi connectivity index (χ0v) is 11.0. The van der Waals surface area contributed by atoms with Crippen LogP contribution in [0.1, 0.15) is 18.9 Å². The molecule has 18 heavy (non-hydrogen) atoms. The Bertz CT molecular complexity index is 493. The number of aromatic nitrogens is 1. The van der Waals surface area contributed by atoms with Crippen molar-refractivity contribution in [3.63, 3.8) is 0 Å². The highest BCUT2D eigenvalue weighted by molar-refractivity contribution is 5.84. The maximum atomic E-state index is 5.09. The van der Waals surface area contributed by atoms with Crippen molar-refractivity contribution in [1.29, 1.82) is 0 Å². The van der Waals surface area contributed by atoms with Crippen LogP contribution in [0.2, 0.25) is 0 Å². The monoisotopic (exact) mass is 244 g/mol. The molecule has 1 N–H and O–H groups in total. The van der Waals surface area contributed by atoms with Crippen LogP contribution in [0.25, 0.3) is 10.8 Å². The largest absolute Gasteiger partial charge is 0.385 e. The SMILES string of the molecule is COCCC(C)NCc1cccc2cnccc12. The van der Waals surface area contributed by atoms with Crippen molar-refractivity contribution in [3.8, 4) is 0 Å². The van der Waals surface area contributed by atoms with E-state index in [9.17, 15) is 0 Å². The molecule has 1 atom stereocenters. The van der Waals surface area contributed by atoms with Crippen LogP contribution >= 0.6 is 0 Å². The minimum Gasteiger partial charge on any atom is -0.385 e. The molecule has 0 aliphatic heterocycles. The molecule has 2 rings (SSSR count). The number of fused-ring (bicyclic) bond motifs is 1. The van der Waals surface area contributed by atoms with Gasteiger partial charge >= 0.3 is 0 Å². The first-order chi connectivity index (χ1) is 8.81. The predicted octanol–water partition coefficient (Wildman–Crippen LogP) is 2.75. The Hall–Kier alpha value is -1.45. The Morgan fingerprint density at radius 2 is 2.22 bits per heavy atom. The smallest absolute Gasteiger partial charge is 0.0476 e. The molecule has 1 aromatic carbocycles. The number of benzene rings is 1. The third kappa shape index (κ3) is 3.28. The van der Waals surface area contributed by atoms with Gasteiger partial charge in [0.15, 0.2) is 0 Å². The maximum Gasteiger partial charge on any atom is 0.0476 e. The molecule has 0 aliphatic carbocycles. The van der Waals surface area contributed by atoms with E-state index in [0.29, 0.717) is 6.04 Å². The zero-order chi connectivity index (χ0) is 12.8. The van der Waals surface area contributed by atoms with Gasteiger partial charge in [0.05, 0.1) is 0 Å². The highest BCUT2D eigenvalue weighted by Gasteiger charge is 2.04. The van der Waals surface area contributed by atoms with E-state index in [0.717, 1.165) is 19.6 Å². The molecule has 0 bridgehead atoms. The molecule has 0 amide bonds. The second-order valence-electron chi connectivity index (χ2n) is 4.58. The third-order valence-electron chi connectivity index (χ3n) is 3.17. The fourth-order valence-electron chi connectivity index (χ4n) is 2.02. The van der Waals surface area contributed by atoms with Gasteiger partial charge in [0.25, 0.3) is 0 Å². The summed E-state index contributed by atoms with van der Waals surface area (Å²) in [5.41, 5.74) is 1.32. The molecule has 1 aromatic heterocycles. The molecule has 96 valence electrons. The molecule has 0 fully saturated rings. The molecule has 2 aromatic rings. The minimum absolute atomic E-state index is 0.460. The van der Waals surface area contributed by atoms with Gasteiger partial charge in [-0.1, -0.05) is 18.2 Å². The summed E-state index contributed by atoms with van der Waals surface area (Å²) in [5, 5.41) is 6.00. The minimum atomic E-state index is 0.460. The normalized spacial score (nSPS) is 12.8. The van der Waals surface area contributed by atoms with E-state index in [4.69, 9.17) is 4.74 Å². The first kappa shape index (κ1) is 13.0. The van der Waals surface area contributed by atoms with E-state index in [-0.39, 0.29) is 0 Å². The van der Waals surface area contributed by atoms with Crippen LogP contribution in [0.4, 0.5) is 0 Å². The molecule has 3 nitrogen and oxygen atoms in total. The highest BCUT2D eigenvalue weighted by atomic mass is 16.5. The number of methoxy groups -OCH3 is 1. The molecule has 3 heteroatoms. The standard InChI is InChI=1S/C15H20N2O/c1-12(7-9-18-2)17-11-14-5-3-4-13-10-16-8-6-15(13)14/h3-6,8,10,12,17H,7,9,11H2,1-2H3. The number of nitrogens with zero attached hydrogens (tertiary/aromatic N) is 1. The summed E-state index contributed by atoms with van der Waals surface area (Å²) in [5.74, 6) is 0. The summed E-state index contributed by atoms with van der Waals surface area (Å²) in [6.07, 6.45) is 4.79. The molecule has 1 heterocycles. The van der Waals surface area contributed by atoms with Crippen LogP contribution in [-0.2, 0) is 11.3 Å². The van der Waals surface area contributed by atoms with Crippen molar-refractivity contribution in [3.05, 3.63) is 42.2 Å². The van der Waals surface area contributed by atoms with Crippen LogP contribution in [0.15, 0.2) is 36.7 Å². The average Bonchev–Trinajstić information content (AvgIpc) is 2.42. The fourth-order valence-corrected chi connectivity index (χ4v) is 2.02. The Labute approximate surface area is 108 Å². The third-order valence-corrected chi connectivity index (χ3v) is 3.17. The van der Waals surface area contributed by atoms with Gasteiger partial charge in [-0.25, -0.2) is 0 Å². The highest BCUT2D eigenvalue weighted by Crippen LogP contribution is 2.17. The van der Waals surface area contributed by atoms with Crippen molar-refractivity contribution < 1.29 is 4.74 Å². The number of nitrogens with one attached hydrogen (secondary N) is 1. The number of hydrogen-bond acceptors (Lipinski definition) is 3. The van der Waals surface area contributed by atoms with Crippen LogP contribution < -0.4 is 5.32 Å². The lowest BCUT2D eigenvalue weighted by atomic mass is 10.1. The molecule has 0 spiro atoms. The van der Waals surface area contributed by atoms with E-state index < -0.39 is 0 Å². The molecular formula is C15H20N2O. The number of ether oxygens (including phenoxy) is 1. The van der Waals surface area contributed by atoms with E-state index in [1.54, 1.807) is 7.11 Å². The van der Waals surface area contributed by atoms with Crippen LogP contribution in [-0.4, -0.2) is 24.7 Å². The predicted molar refractivity (Wildman–Crippen MR) is 74.5 cm³/mol. The van der Waals surface area contributed by atoms with E-state index in [1.165, 1.54) is 16.3 Å². The van der Waals surface area contributed by atoms with Gasteiger partial charge < -0.3 is 10.1 Å². The van der Waals surface area contributed by atoms with E-state index in [1.807, 2.05) is 12.4 Å². The zero-order valence-electron chi connectivity index (χ0n) is 11.0. The van der Waals surface area contributed by atoms with Crippen molar-refractivity contribution >= 4 is 10.8 Å². The van der Waals surface area contributed by atoms with E-state index >= 15 is 0 Å². The lowest BCUT2D eigenvalue weighted by Gasteiger charge is -2.14. The first-order valence-electron chi connectivity index (χ1n) is 6.35. The van der Waals surface area contributed by atoms with Crippen LogP contribution in [0, 0.1) is 0 Å². The van der Waals surface area contributed by atoms with Crippen molar-refractivity contribution in [2.75, 3.05) is 13.7 Å². The summed E-state index contributed by atoms with van der Waals surface area (Å²) in [6.45, 7) is 3.87. The van der Waals surface area contributed by atoms with Gasteiger partial charge in [0.1, 0.15) is 0 Å². The van der Waals surface area contributed by atoms with Crippen molar-refractivity contribution in [2.24, 2.45) is 0 Å². The maximum absolute atomic E-state index is 5.09. The second kappa shape index (κ2) is 6.47. The summed E-state index contributed by atoms with van der Waals surface area (Å²) < 4.78 is 5.09. The summed E-state index contributed by atoms with van der Waals surface area (Å²) in [7, 11) is 1.74. The molecular weight excluding hydrogens is 224 g/mol. The number of rotatable bonds is 6. The van der Waals surface area contributed by atoms with Crippen molar-refractivity contribution in [2.45, 2.75) is 25.9 Å². The first-order valence-corrected chi connectivity index (χ1v) is 6.35. The van der Waals surface area contributed by atoms with Crippen LogP contribution in [0.5, 0.6) is 0 Å². The summed E-state index contributed by atoms with van der Waals surface area (Å²) in [6, 6.07) is 8.88. The molecule has 0 saturated carbocycles. The topological polar surface area (TPSA) is 34.1 Å². The Balaban J connectivity index is 2.03. The average molecular weight is 244 g/mol. The van der Waals surface area contributed by atoms with Gasteiger partial charge in [-0.2, -0.15) is 0 Å². The van der Waals surface area contributed by atoms with Crippen LogP contribution in [0.3, 0.4) is 0 Å². The fraction of sp³-hybridized carbons (Fsp3) is 0.400. The summed E-state index contributed by atoms with van der Waals surface area (Å²) in [4.78, 5) is 4.15. The quantitative estimate of drug-likeness (QED) is 0.848. The Morgan fingerprint density at radius 1 is 1.33 bits per heavy atom. The van der Waals surface area contributed by atoms with Gasteiger partial charge in [-0.05, 0) is 30.4 Å². The molecule has 1 unspecified atom stereocenters. The van der Waals surface area contributed by atoms with Gasteiger partial charge in [-0.3, -0.25) is 4.98 Å². The van der Waals surface area contributed by atoms with Gasteiger partial charge in [-0.15, -0.1) is 0 Å². The Kier molecular flexibility index (Phi) is 4.67. The molecule has 0 aliphatic rings. The van der Waals surface area contributed by atoms with Gasteiger partial charge in [0.2, 0.25) is 0 Å². The van der Waals surface area contributed by atoms with E-state index in [2.05, 4.69) is 41.5 Å². The van der Waals surface area contributed by atoms with Crippen molar-refractivity contribution in [1.82, 2.24) is 10.3 Å². The number of pyridine rings is 1. The molecule has 0 saturated heterocycles. The lowest BCUT2D eigenvalue weighted by Crippen LogP contribution is -2.26. The molecule has 0 radical (unpaired) electrons. The second-order valence-corrected chi connectivity index (χ2v) is 4.58. The Morgan fingerprint density at radius 3 is 3.06 bits per heavy atom. The number of hydrogen-bond donors (Lipinski definition) is 1. The summed E-state index contributed by atoms with van der Waals surface area (Å²) >= 11 is 0. The van der Waals surface area contributed by atoms with Gasteiger partial charge in [0, 0.05) is 44.1 Å².